The summed E-state index contributed by atoms with van der Waals surface area (Å²) >= 11 is 1.30. The van der Waals surface area contributed by atoms with Gasteiger partial charge in [-0.15, -0.1) is 11.8 Å². The number of rotatable bonds is 5. The molecule has 1 aromatic rings. The third kappa shape index (κ3) is 5.61. The number of esters is 1. The summed E-state index contributed by atoms with van der Waals surface area (Å²) in [6.07, 6.45) is 0. The maximum atomic E-state index is 13.7. The van der Waals surface area contributed by atoms with Crippen molar-refractivity contribution in [2.75, 3.05) is 12.8 Å². The highest BCUT2D eigenvalue weighted by molar-refractivity contribution is 8.00. The molecule has 1 rings (SSSR count). The van der Waals surface area contributed by atoms with Crippen molar-refractivity contribution in [3.05, 3.63) is 29.6 Å². The predicted octanol–water partition coefficient (Wildman–Crippen LogP) is 2.98. The fourth-order valence-corrected chi connectivity index (χ4v) is 2.38. The zero-order chi connectivity index (χ0) is 14.5. The van der Waals surface area contributed by atoms with E-state index in [-0.39, 0.29) is 17.5 Å². The molecule has 0 aliphatic rings. The Kier molecular flexibility index (Phi) is 5.82. The molecule has 0 radical (unpaired) electrons. The Morgan fingerprint density at radius 3 is 2.68 bits per heavy atom. The Balaban J connectivity index is 2.67. The molecule has 0 atom stereocenters. The van der Waals surface area contributed by atoms with Crippen LogP contribution < -0.4 is 5.32 Å². The van der Waals surface area contributed by atoms with Gasteiger partial charge in [-0.05, 0) is 40.0 Å². The van der Waals surface area contributed by atoms with Crippen molar-refractivity contribution in [3.8, 4) is 0 Å². The Labute approximate surface area is 117 Å². The van der Waals surface area contributed by atoms with E-state index in [0.29, 0.717) is 12.1 Å². The summed E-state index contributed by atoms with van der Waals surface area (Å²) in [6.45, 7) is 5.90. The summed E-state index contributed by atoms with van der Waals surface area (Å²) in [6, 6.07) is 4.88. The first kappa shape index (κ1) is 16.0. The summed E-state index contributed by atoms with van der Waals surface area (Å²) in [5.74, 6) is -0.377. The molecule has 0 aliphatic heterocycles. The summed E-state index contributed by atoms with van der Waals surface area (Å²) in [4.78, 5) is 12.4. The van der Waals surface area contributed by atoms with E-state index in [1.165, 1.54) is 17.8 Å². The number of benzene rings is 1. The van der Waals surface area contributed by atoms with Gasteiger partial charge in [0.2, 0.25) is 0 Å². The number of ether oxygens (including phenoxy) is 1. The minimum absolute atomic E-state index is 0.178. The largest absolute Gasteiger partial charge is 0.459 e. The molecule has 19 heavy (non-hydrogen) atoms. The van der Waals surface area contributed by atoms with Gasteiger partial charge in [0.25, 0.3) is 0 Å². The van der Waals surface area contributed by atoms with Crippen molar-refractivity contribution in [1.82, 2.24) is 5.32 Å². The average molecular weight is 285 g/mol. The Hall–Kier alpha value is -1.07. The highest BCUT2D eigenvalue weighted by atomic mass is 32.2. The number of carbonyl (C=O) groups excluding carboxylic acids is 1. The molecule has 0 aromatic heterocycles. The van der Waals surface area contributed by atoms with Crippen LogP contribution in [0.2, 0.25) is 0 Å². The molecule has 0 amide bonds. The summed E-state index contributed by atoms with van der Waals surface area (Å²) in [5, 5.41) is 2.92. The van der Waals surface area contributed by atoms with Gasteiger partial charge in [0.15, 0.2) is 0 Å². The van der Waals surface area contributed by atoms with Crippen LogP contribution in [0, 0.1) is 5.82 Å². The first-order chi connectivity index (χ1) is 8.83. The van der Waals surface area contributed by atoms with Crippen LogP contribution in [0.5, 0.6) is 0 Å². The van der Waals surface area contributed by atoms with E-state index < -0.39 is 5.60 Å². The maximum Gasteiger partial charge on any atom is 0.316 e. The molecule has 0 bridgehead atoms. The molecule has 1 N–H and O–H groups in total. The van der Waals surface area contributed by atoms with Crippen molar-refractivity contribution in [1.29, 1.82) is 0 Å². The molecule has 5 heteroatoms. The lowest BCUT2D eigenvalue weighted by Crippen LogP contribution is -2.25. The van der Waals surface area contributed by atoms with Crippen LogP contribution in [0.3, 0.4) is 0 Å². The normalized spacial score (nSPS) is 11.4. The van der Waals surface area contributed by atoms with E-state index in [9.17, 15) is 9.18 Å². The molecular formula is C14H20FNO2S. The van der Waals surface area contributed by atoms with E-state index in [1.54, 1.807) is 13.1 Å². The highest BCUT2D eigenvalue weighted by Gasteiger charge is 2.17. The van der Waals surface area contributed by atoms with Crippen LogP contribution in [0.15, 0.2) is 23.1 Å². The van der Waals surface area contributed by atoms with E-state index in [4.69, 9.17) is 4.74 Å². The van der Waals surface area contributed by atoms with E-state index in [0.717, 1.165) is 4.90 Å². The molecule has 0 fully saturated rings. The van der Waals surface area contributed by atoms with Crippen LogP contribution in [0.4, 0.5) is 4.39 Å². The van der Waals surface area contributed by atoms with E-state index in [1.807, 2.05) is 26.8 Å². The van der Waals surface area contributed by atoms with Gasteiger partial charge < -0.3 is 10.1 Å². The number of thioether (sulfide) groups is 1. The van der Waals surface area contributed by atoms with Gasteiger partial charge in [0.1, 0.15) is 11.4 Å². The summed E-state index contributed by atoms with van der Waals surface area (Å²) in [5.41, 5.74) is 0.0893. The van der Waals surface area contributed by atoms with Gasteiger partial charge in [-0.1, -0.05) is 6.07 Å². The van der Waals surface area contributed by atoms with Crippen LogP contribution in [-0.2, 0) is 16.1 Å². The van der Waals surface area contributed by atoms with Gasteiger partial charge in [-0.25, -0.2) is 4.39 Å². The van der Waals surface area contributed by atoms with Crippen molar-refractivity contribution >= 4 is 17.7 Å². The average Bonchev–Trinajstić information content (AvgIpc) is 2.28. The monoisotopic (exact) mass is 285 g/mol. The minimum Gasteiger partial charge on any atom is -0.459 e. The number of halogens is 1. The fourth-order valence-electron chi connectivity index (χ4n) is 1.53. The quantitative estimate of drug-likeness (QED) is 0.667. The van der Waals surface area contributed by atoms with Crippen molar-refractivity contribution in [2.45, 2.75) is 37.8 Å². The van der Waals surface area contributed by atoms with Crippen LogP contribution in [-0.4, -0.2) is 24.4 Å². The SMILES string of the molecule is CNCc1c(F)cccc1SCC(=O)OC(C)(C)C. The zero-order valence-corrected chi connectivity index (χ0v) is 12.6. The van der Waals surface area contributed by atoms with E-state index >= 15 is 0 Å². The third-order valence-corrected chi connectivity index (χ3v) is 3.27. The molecule has 1 aromatic carbocycles. The topological polar surface area (TPSA) is 38.3 Å². The van der Waals surface area contributed by atoms with Gasteiger partial charge in [-0.2, -0.15) is 0 Å². The lowest BCUT2D eigenvalue weighted by atomic mass is 10.2. The van der Waals surface area contributed by atoms with Gasteiger partial charge in [0.05, 0.1) is 5.75 Å². The van der Waals surface area contributed by atoms with Gasteiger partial charge in [-0.3, -0.25) is 4.79 Å². The highest BCUT2D eigenvalue weighted by Crippen LogP contribution is 2.25. The minimum atomic E-state index is -0.493. The molecular weight excluding hydrogens is 265 g/mol. The van der Waals surface area contributed by atoms with Crippen molar-refractivity contribution in [2.24, 2.45) is 0 Å². The molecule has 0 spiro atoms. The van der Waals surface area contributed by atoms with Gasteiger partial charge in [0, 0.05) is 17.0 Å². The molecule has 0 aliphatic carbocycles. The standard InChI is InChI=1S/C14H20FNO2S/c1-14(2,3)18-13(17)9-19-12-7-5-6-11(15)10(12)8-16-4/h5-7,16H,8-9H2,1-4H3. The number of nitrogens with one attached hydrogen (secondary N) is 1. The second kappa shape index (κ2) is 6.91. The Morgan fingerprint density at radius 1 is 1.42 bits per heavy atom. The smallest absolute Gasteiger partial charge is 0.316 e. The maximum absolute atomic E-state index is 13.7. The first-order valence-corrected chi connectivity index (χ1v) is 7.08. The Bertz CT molecular complexity index is 444. The fraction of sp³-hybridized carbons (Fsp3) is 0.500. The van der Waals surface area contributed by atoms with Crippen LogP contribution in [0.1, 0.15) is 26.3 Å². The molecule has 106 valence electrons. The van der Waals surface area contributed by atoms with Crippen LogP contribution in [0.25, 0.3) is 0 Å². The third-order valence-electron chi connectivity index (χ3n) is 2.19. The molecule has 0 heterocycles. The summed E-state index contributed by atoms with van der Waals surface area (Å²) < 4.78 is 18.9. The lowest BCUT2D eigenvalue weighted by Gasteiger charge is -2.19. The van der Waals surface area contributed by atoms with Crippen molar-refractivity contribution in [3.63, 3.8) is 0 Å². The zero-order valence-electron chi connectivity index (χ0n) is 11.7. The Morgan fingerprint density at radius 2 is 2.11 bits per heavy atom. The molecule has 0 saturated heterocycles. The predicted molar refractivity (Wildman–Crippen MR) is 75.7 cm³/mol. The van der Waals surface area contributed by atoms with E-state index in [2.05, 4.69) is 5.32 Å². The molecule has 3 nitrogen and oxygen atoms in total. The van der Waals surface area contributed by atoms with Gasteiger partial charge >= 0.3 is 5.97 Å². The lowest BCUT2D eigenvalue weighted by molar-refractivity contribution is -0.151. The van der Waals surface area contributed by atoms with Crippen LogP contribution >= 0.6 is 11.8 Å². The summed E-state index contributed by atoms with van der Waals surface area (Å²) in [7, 11) is 1.76. The number of carbonyl (C=O) groups is 1. The number of hydrogen-bond acceptors (Lipinski definition) is 4. The first-order valence-electron chi connectivity index (χ1n) is 6.10. The second-order valence-electron chi connectivity index (χ2n) is 5.12. The second-order valence-corrected chi connectivity index (χ2v) is 6.14. The number of hydrogen-bond donors (Lipinski definition) is 1. The molecule has 0 unspecified atom stereocenters. The molecule has 0 saturated carbocycles. The van der Waals surface area contributed by atoms with Crippen molar-refractivity contribution < 1.29 is 13.9 Å².